The lowest BCUT2D eigenvalue weighted by Crippen LogP contribution is -2.36. The molecule has 3 amide bonds. The van der Waals surface area contributed by atoms with Crippen LogP contribution in [0.15, 0.2) is 77.7 Å². The van der Waals surface area contributed by atoms with Gasteiger partial charge in [0.2, 0.25) is 5.91 Å². The molecule has 1 fully saturated rings. The molecule has 1 saturated heterocycles. The number of hydrogen-bond donors (Lipinski definition) is 1. The summed E-state index contributed by atoms with van der Waals surface area (Å²) in [5.74, 6) is 1.15. The van der Waals surface area contributed by atoms with Crippen LogP contribution in [0, 0.1) is 5.82 Å². The van der Waals surface area contributed by atoms with E-state index in [1.54, 1.807) is 36.4 Å². The smallest absolute Gasteiger partial charge is 0.293 e. The van der Waals surface area contributed by atoms with Gasteiger partial charge in [-0.05, 0) is 85.8 Å². The van der Waals surface area contributed by atoms with Crippen LogP contribution in [0.1, 0.15) is 25.0 Å². The Hall–Kier alpha value is -4.77. The van der Waals surface area contributed by atoms with Crippen molar-refractivity contribution in [3.05, 3.63) is 94.7 Å². The number of ether oxygens (including phenoxy) is 4. The predicted molar refractivity (Wildman–Crippen MR) is 167 cm³/mol. The molecule has 1 heterocycles. The number of rotatable bonds is 15. The maximum atomic E-state index is 13.9. The van der Waals surface area contributed by atoms with Crippen molar-refractivity contribution in [3.63, 3.8) is 0 Å². The highest BCUT2D eigenvalue weighted by atomic mass is 32.2. The lowest BCUT2D eigenvalue weighted by atomic mass is 10.2. The number of amides is 3. The van der Waals surface area contributed by atoms with Gasteiger partial charge in [0.15, 0.2) is 11.5 Å². The van der Waals surface area contributed by atoms with Gasteiger partial charge in [0.25, 0.3) is 11.1 Å². The van der Waals surface area contributed by atoms with Crippen LogP contribution in [-0.2, 0) is 9.59 Å². The fraction of sp³-hybridized carbons (Fsp3) is 0.242. The molecule has 3 aromatic carbocycles. The number of carbonyl (C=O) groups excluding carboxylic acids is 3. The first-order valence-corrected chi connectivity index (χ1v) is 14.9. The van der Waals surface area contributed by atoms with E-state index in [0.29, 0.717) is 49.2 Å². The zero-order chi connectivity index (χ0) is 31.3. The molecule has 0 radical (unpaired) electrons. The lowest BCUT2D eigenvalue weighted by Gasteiger charge is -2.13. The first-order valence-electron chi connectivity index (χ1n) is 14.1. The van der Waals surface area contributed by atoms with E-state index in [0.717, 1.165) is 22.4 Å². The van der Waals surface area contributed by atoms with Crippen molar-refractivity contribution in [2.75, 3.05) is 39.5 Å². The molecule has 9 nitrogen and oxygen atoms in total. The largest absolute Gasteiger partial charge is 0.494 e. The number of halogens is 1. The molecule has 1 aliphatic rings. The monoisotopic (exact) mass is 620 g/mol. The number of imide groups is 1. The summed E-state index contributed by atoms with van der Waals surface area (Å²) in [6, 6.07) is 18.7. The number of carbonyl (C=O) groups is 3. The Bertz CT molecular complexity index is 1520. The first kappa shape index (κ1) is 32.2. The number of thioether (sulfide) groups is 1. The third kappa shape index (κ3) is 9.11. The van der Waals surface area contributed by atoms with Gasteiger partial charge in [0.05, 0.1) is 18.1 Å². The van der Waals surface area contributed by atoms with Crippen LogP contribution in [0.25, 0.3) is 12.2 Å². The number of hydrogen-bond acceptors (Lipinski definition) is 8. The van der Waals surface area contributed by atoms with E-state index in [1.165, 1.54) is 24.3 Å². The number of nitrogens with one attached hydrogen (secondary N) is 1. The molecule has 0 aliphatic carbocycles. The van der Waals surface area contributed by atoms with Crippen molar-refractivity contribution in [2.24, 2.45) is 0 Å². The highest BCUT2D eigenvalue weighted by Crippen LogP contribution is 2.32. The minimum atomic E-state index is -0.526. The van der Waals surface area contributed by atoms with Crippen LogP contribution in [0.4, 0.5) is 9.18 Å². The van der Waals surface area contributed by atoms with E-state index >= 15 is 0 Å². The van der Waals surface area contributed by atoms with Gasteiger partial charge in [-0.25, -0.2) is 4.39 Å². The van der Waals surface area contributed by atoms with Crippen molar-refractivity contribution in [3.8, 4) is 23.0 Å². The second kappa shape index (κ2) is 16.2. The topological polar surface area (TPSA) is 103 Å². The Morgan fingerprint density at radius 3 is 2.32 bits per heavy atom. The van der Waals surface area contributed by atoms with Crippen molar-refractivity contribution < 1.29 is 37.7 Å². The molecular weight excluding hydrogens is 587 g/mol. The minimum Gasteiger partial charge on any atom is -0.494 e. The first-order chi connectivity index (χ1) is 21.4. The maximum Gasteiger partial charge on any atom is 0.293 e. The fourth-order valence-electron chi connectivity index (χ4n) is 4.07. The molecule has 1 N–H and O–H groups in total. The van der Waals surface area contributed by atoms with Crippen LogP contribution in [0.3, 0.4) is 0 Å². The lowest BCUT2D eigenvalue weighted by molar-refractivity contribution is -0.123. The number of nitrogens with zero attached hydrogens (tertiary/aromatic N) is 1. The maximum absolute atomic E-state index is 13.9. The van der Waals surface area contributed by atoms with Crippen molar-refractivity contribution >= 4 is 41.0 Å². The molecule has 0 atom stereocenters. The van der Waals surface area contributed by atoms with Crippen molar-refractivity contribution in [1.29, 1.82) is 0 Å². The Morgan fingerprint density at radius 2 is 1.59 bits per heavy atom. The van der Waals surface area contributed by atoms with E-state index in [-0.39, 0.29) is 23.6 Å². The third-order valence-corrected chi connectivity index (χ3v) is 7.05. The Morgan fingerprint density at radius 1 is 0.886 bits per heavy atom. The summed E-state index contributed by atoms with van der Waals surface area (Å²) in [5.41, 5.74) is 0.934. The van der Waals surface area contributed by atoms with E-state index in [9.17, 15) is 18.8 Å². The normalized spacial score (nSPS) is 13.9. The molecule has 11 heteroatoms. The van der Waals surface area contributed by atoms with E-state index in [1.807, 2.05) is 38.1 Å². The summed E-state index contributed by atoms with van der Waals surface area (Å²) >= 11 is 0.737. The van der Waals surface area contributed by atoms with Gasteiger partial charge >= 0.3 is 0 Å². The zero-order valence-corrected chi connectivity index (χ0v) is 25.2. The second-order valence-electron chi connectivity index (χ2n) is 9.22. The Balaban J connectivity index is 1.24. The molecule has 3 aromatic rings. The Labute approximate surface area is 259 Å². The van der Waals surface area contributed by atoms with Gasteiger partial charge in [-0.1, -0.05) is 24.3 Å². The average molecular weight is 621 g/mol. The minimum absolute atomic E-state index is 0.0122. The van der Waals surface area contributed by atoms with Crippen LogP contribution >= 0.6 is 11.8 Å². The SMILES string of the molecule is CCOc1ccc(OCCOc2ccc(C=CC(=O)NCCN3C(=O)SC(=Cc4ccccc4F)C3=O)cc2OCC)cc1. The molecule has 230 valence electrons. The second-order valence-corrected chi connectivity index (χ2v) is 10.2. The summed E-state index contributed by atoms with van der Waals surface area (Å²) in [4.78, 5) is 38.5. The van der Waals surface area contributed by atoms with Gasteiger partial charge in [-0.15, -0.1) is 0 Å². The summed E-state index contributed by atoms with van der Waals surface area (Å²) in [5, 5.41) is 2.19. The quantitative estimate of drug-likeness (QED) is 0.164. The zero-order valence-electron chi connectivity index (χ0n) is 24.4. The van der Waals surface area contributed by atoms with Crippen molar-refractivity contribution in [2.45, 2.75) is 13.8 Å². The van der Waals surface area contributed by atoms with Crippen LogP contribution in [-0.4, -0.2) is 61.5 Å². The summed E-state index contributed by atoms with van der Waals surface area (Å²) in [6.45, 7) is 5.49. The average Bonchev–Trinajstić information content (AvgIpc) is 3.28. The molecule has 0 unspecified atom stereocenters. The van der Waals surface area contributed by atoms with Gasteiger partial charge < -0.3 is 24.3 Å². The van der Waals surface area contributed by atoms with Gasteiger partial charge in [-0.3, -0.25) is 19.3 Å². The van der Waals surface area contributed by atoms with E-state index in [4.69, 9.17) is 18.9 Å². The summed E-state index contributed by atoms with van der Waals surface area (Å²) in [6.07, 6.45) is 4.32. The molecule has 44 heavy (non-hydrogen) atoms. The van der Waals surface area contributed by atoms with E-state index < -0.39 is 22.9 Å². The number of benzene rings is 3. The molecular formula is C33H33FN2O7S. The molecule has 0 saturated carbocycles. The Kier molecular flexibility index (Phi) is 11.8. The predicted octanol–water partition coefficient (Wildman–Crippen LogP) is 5.95. The van der Waals surface area contributed by atoms with Gasteiger partial charge in [0.1, 0.15) is 30.5 Å². The summed E-state index contributed by atoms with van der Waals surface area (Å²) in [7, 11) is 0. The molecule has 0 aromatic heterocycles. The van der Waals surface area contributed by atoms with E-state index in [2.05, 4.69) is 5.32 Å². The van der Waals surface area contributed by atoms with Gasteiger partial charge in [-0.2, -0.15) is 0 Å². The van der Waals surface area contributed by atoms with Gasteiger partial charge in [0, 0.05) is 24.7 Å². The van der Waals surface area contributed by atoms with Crippen LogP contribution in [0.5, 0.6) is 23.0 Å². The molecule has 0 bridgehead atoms. The van der Waals surface area contributed by atoms with Crippen molar-refractivity contribution in [1.82, 2.24) is 10.2 Å². The van der Waals surface area contributed by atoms with Crippen LogP contribution in [0.2, 0.25) is 0 Å². The molecule has 1 aliphatic heterocycles. The van der Waals surface area contributed by atoms with Crippen LogP contribution < -0.4 is 24.3 Å². The third-order valence-electron chi connectivity index (χ3n) is 6.14. The highest BCUT2D eigenvalue weighted by Gasteiger charge is 2.34. The summed E-state index contributed by atoms with van der Waals surface area (Å²) < 4.78 is 36.7. The molecule has 4 rings (SSSR count). The fourth-order valence-corrected chi connectivity index (χ4v) is 4.93. The standard InChI is InChI=1S/C33H33FN2O7S/c1-3-40-25-11-13-26(14-12-25)42-19-20-43-28-15-9-23(21-29(28)41-4-2)10-16-31(37)35-17-18-36-32(38)30(44-33(36)39)22-24-7-5-6-8-27(24)34/h5-16,21-22H,3-4,17-20H2,1-2H3,(H,35,37). The molecule has 0 spiro atoms. The highest BCUT2D eigenvalue weighted by molar-refractivity contribution is 8.18.